The number of ether oxygens (including phenoxy) is 1. The van der Waals surface area contributed by atoms with Crippen molar-refractivity contribution in [3.63, 3.8) is 0 Å². The van der Waals surface area contributed by atoms with E-state index in [1.54, 1.807) is 0 Å². The van der Waals surface area contributed by atoms with Crippen molar-refractivity contribution in [2.75, 3.05) is 13.1 Å². The monoisotopic (exact) mass is 440 g/mol. The summed E-state index contributed by atoms with van der Waals surface area (Å²) in [5, 5.41) is 13.6. The molecule has 2 unspecified atom stereocenters. The first-order chi connectivity index (χ1) is 15.4. The maximum atomic E-state index is 12.8. The molecule has 0 radical (unpaired) electrons. The van der Waals surface area contributed by atoms with Crippen molar-refractivity contribution >= 4 is 17.8 Å². The van der Waals surface area contributed by atoms with Gasteiger partial charge in [0.15, 0.2) is 5.78 Å². The van der Waals surface area contributed by atoms with E-state index in [1.165, 1.54) is 0 Å². The molecule has 0 aromatic heterocycles. The molecule has 0 saturated carbocycles. The molecule has 0 aliphatic heterocycles. The summed E-state index contributed by atoms with van der Waals surface area (Å²) in [6.07, 6.45) is 0.299. The molecule has 2 amide bonds. The Hall–Kier alpha value is -3.19. The summed E-state index contributed by atoms with van der Waals surface area (Å²) in [7, 11) is 0. The average molecular weight is 441 g/mol. The number of benzene rings is 2. The second-order valence-corrected chi connectivity index (χ2v) is 7.88. The Morgan fingerprint density at radius 2 is 1.53 bits per heavy atom. The summed E-state index contributed by atoms with van der Waals surface area (Å²) < 4.78 is 5.93. The number of rotatable bonds is 14. The first-order valence-corrected chi connectivity index (χ1v) is 10.9. The molecule has 7 nitrogen and oxygen atoms in total. The lowest BCUT2D eigenvalue weighted by molar-refractivity contribution is -0.133. The van der Waals surface area contributed by atoms with Crippen molar-refractivity contribution < 1.29 is 24.2 Å². The minimum atomic E-state index is -1.08. The minimum Gasteiger partial charge on any atom is -0.465 e. The van der Waals surface area contributed by atoms with Gasteiger partial charge in [-0.25, -0.2) is 4.79 Å². The van der Waals surface area contributed by atoms with E-state index in [2.05, 4.69) is 10.6 Å². The summed E-state index contributed by atoms with van der Waals surface area (Å²) >= 11 is 0. The van der Waals surface area contributed by atoms with Gasteiger partial charge in [0.2, 0.25) is 5.91 Å². The first-order valence-electron chi connectivity index (χ1n) is 10.9. The van der Waals surface area contributed by atoms with Crippen LogP contribution in [0.2, 0.25) is 0 Å². The predicted molar refractivity (Wildman–Crippen MR) is 122 cm³/mol. The maximum Gasteiger partial charge on any atom is 0.404 e. The average Bonchev–Trinajstić information content (AvgIpc) is 2.81. The highest BCUT2D eigenvalue weighted by Gasteiger charge is 2.20. The van der Waals surface area contributed by atoms with Crippen LogP contribution in [0.3, 0.4) is 0 Å². The third kappa shape index (κ3) is 10.2. The minimum absolute atomic E-state index is 0.0281. The Morgan fingerprint density at radius 3 is 2.16 bits per heavy atom. The molecule has 0 saturated heterocycles. The molecule has 7 heteroatoms. The van der Waals surface area contributed by atoms with Crippen LogP contribution in [0.4, 0.5) is 4.79 Å². The van der Waals surface area contributed by atoms with E-state index in [1.807, 2.05) is 67.6 Å². The number of ketones is 1. The second-order valence-electron chi connectivity index (χ2n) is 7.88. The lowest BCUT2D eigenvalue weighted by atomic mass is 10.0. The Labute approximate surface area is 189 Å². The van der Waals surface area contributed by atoms with Crippen molar-refractivity contribution in [2.24, 2.45) is 5.92 Å². The summed E-state index contributed by atoms with van der Waals surface area (Å²) in [5.41, 5.74) is 2.11. The van der Waals surface area contributed by atoms with Crippen LogP contribution in [0.25, 0.3) is 0 Å². The molecule has 172 valence electrons. The van der Waals surface area contributed by atoms with Gasteiger partial charge in [-0.15, -0.1) is 0 Å². The van der Waals surface area contributed by atoms with Crippen LogP contribution in [0, 0.1) is 5.92 Å². The SMILES string of the molecule is CC(CCC(=O)NCC(=O)C(CCc1ccccc1)OCc1ccccc1)CNC(=O)O. The topological polar surface area (TPSA) is 105 Å². The maximum absolute atomic E-state index is 12.8. The van der Waals surface area contributed by atoms with Gasteiger partial charge in [-0.2, -0.15) is 0 Å². The standard InChI is InChI=1S/C25H32N2O5/c1-19(16-27-25(30)31)12-15-24(29)26-17-22(28)23(14-13-20-8-4-2-5-9-20)32-18-21-10-6-3-7-11-21/h2-11,19,23,27H,12-18H2,1H3,(H,26,29)(H,30,31). The van der Waals surface area contributed by atoms with Crippen LogP contribution in [-0.2, 0) is 27.4 Å². The third-order valence-corrected chi connectivity index (χ3v) is 5.12. The van der Waals surface area contributed by atoms with E-state index in [0.717, 1.165) is 11.1 Å². The molecule has 3 N–H and O–H groups in total. The number of hydrogen-bond acceptors (Lipinski definition) is 4. The van der Waals surface area contributed by atoms with Gasteiger partial charge in [0.05, 0.1) is 13.2 Å². The lowest BCUT2D eigenvalue weighted by Crippen LogP contribution is -2.37. The molecule has 2 rings (SSSR count). The van der Waals surface area contributed by atoms with Gasteiger partial charge in [0.1, 0.15) is 6.10 Å². The molecule has 0 heterocycles. The number of nitrogens with one attached hydrogen (secondary N) is 2. The number of carbonyl (C=O) groups is 3. The molecule has 0 aliphatic rings. The van der Waals surface area contributed by atoms with Crippen molar-refractivity contribution in [1.82, 2.24) is 10.6 Å². The van der Waals surface area contributed by atoms with Gasteiger partial charge in [-0.1, -0.05) is 67.6 Å². The Morgan fingerprint density at radius 1 is 0.906 bits per heavy atom. The molecule has 0 bridgehead atoms. The Kier molecular flexibility index (Phi) is 11.0. The zero-order valence-electron chi connectivity index (χ0n) is 18.5. The quantitative estimate of drug-likeness (QED) is 0.417. The molecule has 2 aromatic rings. The van der Waals surface area contributed by atoms with Crippen molar-refractivity contribution in [1.29, 1.82) is 0 Å². The van der Waals surface area contributed by atoms with Crippen molar-refractivity contribution in [3.8, 4) is 0 Å². The zero-order valence-corrected chi connectivity index (χ0v) is 18.5. The molecular weight excluding hydrogens is 408 g/mol. The zero-order chi connectivity index (χ0) is 23.2. The van der Waals surface area contributed by atoms with E-state index in [0.29, 0.717) is 25.9 Å². The van der Waals surface area contributed by atoms with Crippen molar-refractivity contribution in [2.45, 2.75) is 45.3 Å². The predicted octanol–water partition coefficient (Wildman–Crippen LogP) is 3.57. The fourth-order valence-electron chi connectivity index (χ4n) is 3.18. The van der Waals surface area contributed by atoms with Gasteiger partial charge in [0.25, 0.3) is 0 Å². The fourth-order valence-corrected chi connectivity index (χ4v) is 3.18. The van der Waals surface area contributed by atoms with Crippen LogP contribution in [0.1, 0.15) is 37.3 Å². The van der Waals surface area contributed by atoms with E-state index >= 15 is 0 Å². The fraction of sp³-hybridized carbons (Fsp3) is 0.400. The van der Waals surface area contributed by atoms with Gasteiger partial charge in [0, 0.05) is 13.0 Å². The van der Waals surface area contributed by atoms with Gasteiger partial charge in [-0.05, 0) is 36.3 Å². The summed E-state index contributed by atoms with van der Waals surface area (Å²) in [6, 6.07) is 19.6. The van der Waals surface area contributed by atoms with E-state index in [9.17, 15) is 14.4 Å². The molecular formula is C25H32N2O5. The van der Waals surface area contributed by atoms with Gasteiger partial charge >= 0.3 is 6.09 Å². The highest BCUT2D eigenvalue weighted by atomic mass is 16.5. The summed E-state index contributed by atoms with van der Waals surface area (Å²) in [4.78, 5) is 35.5. The first kappa shape index (κ1) is 25.1. The highest BCUT2D eigenvalue weighted by Crippen LogP contribution is 2.12. The van der Waals surface area contributed by atoms with E-state index in [-0.39, 0.29) is 37.1 Å². The highest BCUT2D eigenvalue weighted by molar-refractivity contribution is 5.89. The molecule has 0 spiro atoms. The van der Waals surface area contributed by atoms with E-state index < -0.39 is 12.2 Å². The largest absolute Gasteiger partial charge is 0.465 e. The lowest BCUT2D eigenvalue weighted by Gasteiger charge is -2.18. The Bertz CT molecular complexity index is 798. The molecule has 32 heavy (non-hydrogen) atoms. The van der Waals surface area contributed by atoms with Crippen LogP contribution in [-0.4, -0.2) is 42.1 Å². The smallest absolute Gasteiger partial charge is 0.404 e. The van der Waals surface area contributed by atoms with E-state index in [4.69, 9.17) is 9.84 Å². The molecule has 2 atom stereocenters. The summed E-state index contributed by atoms with van der Waals surface area (Å²) in [6.45, 7) is 2.39. The van der Waals surface area contributed by atoms with Crippen LogP contribution in [0.5, 0.6) is 0 Å². The van der Waals surface area contributed by atoms with Crippen LogP contribution in [0.15, 0.2) is 60.7 Å². The molecule has 0 aliphatic carbocycles. The number of carboxylic acid groups (broad SMARTS) is 1. The third-order valence-electron chi connectivity index (χ3n) is 5.12. The number of carbonyl (C=O) groups excluding carboxylic acids is 2. The summed E-state index contributed by atoms with van der Waals surface area (Å²) in [5.74, 6) is -0.364. The Balaban J connectivity index is 1.82. The van der Waals surface area contributed by atoms with Crippen LogP contribution >= 0.6 is 0 Å². The number of aryl methyl sites for hydroxylation is 1. The normalized spacial score (nSPS) is 12.5. The van der Waals surface area contributed by atoms with Gasteiger partial charge in [-0.3, -0.25) is 9.59 Å². The van der Waals surface area contributed by atoms with Crippen LogP contribution < -0.4 is 10.6 Å². The number of amides is 2. The molecule has 2 aromatic carbocycles. The number of hydrogen-bond donors (Lipinski definition) is 3. The second kappa shape index (κ2) is 14.0. The molecule has 0 fully saturated rings. The van der Waals surface area contributed by atoms with Gasteiger partial charge < -0.3 is 20.5 Å². The number of Topliss-reactive ketones (excluding diaryl/α,β-unsaturated/α-hetero) is 1. The van der Waals surface area contributed by atoms with Crippen molar-refractivity contribution in [3.05, 3.63) is 71.8 Å².